The summed E-state index contributed by atoms with van der Waals surface area (Å²) in [6.07, 6.45) is 0. The predicted molar refractivity (Wildman–Crippen MR) is 308 cm³/mol. The molecule has 0 radical (unpaired) electrons. The van der Waals surface area contributed by atoms with Gasteiger partial charge in [0.1, 0.15) is 5.01 Å². The first-order valence-electron chi connectivity index (χ1n) is 23.4. The fraction of sp³-hybridized carbons (Fsp3) is 0. The first-order chi connectivity index (χ1) is 34.6. The molecule has 4 heterocycles. The average molecular weight is 964 g/mol. The summed E-state index contributed by atoms with van der Waals surface area (Å²) in [7, 11) is 0. The minimum Gasteiger partial charge on any atom is -0.310 e. The van der Waals surface area contributed by atoms with Gasteiger partial charge in [0.25, 0.3) is 0 Å². The normalized spacial score (nSPS) is 12.0. The number of thiophene rings is 3. The van der Waals surface area contributed by atoms with Crippen LogP contribution in [-0.2, 0) is 0 Å². The molecule has 0 aliphatic rings. The van der Waals surface area contributed by atoms with Crippen molar-refractivity contribution in [2.45, 2.75) is 0 Å². The van der Waals surface area contributed by atoms with Crippen molar-refractivity contribution in [2.24, 2.45) is 0 Å². The van der Waals surface area contributed by atoms with E-state index in [1.165, 1.54) is 86.8 Å². The minimum absolute atomic E-state index is 1.03. The van der Waals surface area contributed by atoms with Gasteiger partial charge < -0.3 is 9.80 Å². The Morgan fingerprint density at radius 2 is 0.657 bits per heavy atom. The van der Waals surface area contributed by atoms with Gasteiger partial charge in [0.15, 0.2) is 0 Å². The smallest absolute Gasteiger partial charge is 0.124 e. The largest absolute Gasteiger partial charge is 0.310 e. The summed E-state index contributed by atoms with van der Waals surface area (Å²) in [6, 6.07) is 83.0. The number of rotatable bonds is 7. The first-order valence-corrected chi connectivity index (χ1v) is 26.7. The molecule has 0 aliphatic carbocycles. The molecule has 0 atom stereocenters. The third-order valence-corrected chi connectivity index (χ3v) is 18.3. The number of fused-ring (bicyclic) bond motifs is 13. The summed E-state index contributed by atoms with van der Waals surface area (Å²) in [5.74, 6) is 0. The zero-order chi connectivity index (χ0) is 45.9. The number of para-hydroxylation sites is 1. The lowest BCUT2D eigenvalue weighted by atomic mass is 9.99. The van der Waals surface area contributed by atoms with Gasteiger partial charge >= 0.3 is 0 Å². The molecule has 70 heavy (non-hydrogen) atoms. The van der Waals surface area contributed by atoms with Crippen molar-refractivity contribution < 1.29 is 0 Å². The van der Waals surface area contributed by atoms with Crippen LogP contribution in [0.4, 0.5) is 34.1 Å². The van der Waals surface area contributed by atoms with Gasteiger partial charge in [-0.2, -0.15) is 0 Å². The first kappa shape index (κ1) is 40.0. The summed E-state index contributed by atoms with van der Waals surface area (Å²) in [6.45, 7) is 0. The van der Waals surface area contributed by atoms with Crippen molar-refractivity contribution in [3.05, 3.63) is 224 Å². The van der Waals surface area contributed by atoms with Gasteiger partial charge in [-0.3, -0.25) is 0 Å². The van der Waals surface area contributed by atoms with E-state index in [1.807, 2.05) is 34.0 Å². The maximum atomic E-state index is 4.97. The Morgan fingerprint density at radius 3 is 1.23 bits per heavy atom. The van der Waals surface area contributed by atoms with Gasteiger partial charge in [0.2, 0.25) is 0 Å². The third-order valence-electron chi connectivity index (χ3n) is 13.8. The third kappa shape index (κ3) is 6.47. The summed E-state index contributed by atoms with van der Waals surface area (Å²) in [5, 5.41) is 13.7. The van der Waals surface area contributed by atoms with Crippen molar-refractivity contribution in [1.29, 1.82) is 0 Å². The van der Waals surface area contributed by atoms with Crippen LogP contribution in [0.2, 0.25) is 0 Å². The molecule has 0 amide bonds. The van der Waals surface area contributed by atoms with E-state index >= 15 is 0 Å². The molecular formula is C63H37N3S4. The molecule has 0 fully saturated rings. The molecule has 0 aliphatic heterocycles. The van der Waals surface area contributed by atoms with Crippen molar-refractivity contribution in [3.63, 3.8) is 0 Å². The molecule has 0 N–H and O–H groups in total. The number of hydrogen-bond acceptors (Lipinski definition) is 7. The van der Waals surface area contributed by atoms with Crippen molar-refractivity contribution >= 4 is 172 Å². The Kier molecular flexibility index (Phi) is 9.04. The lowest BCUT2D eigenvalue weighted by Gasteiger charge is -2.27. The topological polar surface area (TPSA) is 19.4 Å². The van der Waals surface area contributed by atoms with Crippen LogP contribution in [0.5, 0.6) is 0 Å². The summed E-state index contributed by atoms with van der Waals surface area (Å²) >= 11 is 7.32. The molecule has 7 heteroatoms. The van der Waals surface area contributed by atoms with Gasteiger partial charge in [-0.1, -0.05) is 103 Å². The van der Waals surface area contributed by atoms with Crippen LogP contribution >= 0.6 is 45.3 Å². The van der Waals surface area contributed by atoms with Crippen LogP contribution < -0.4 is 9.80 Å². The van der Waals surface area contributed by atoms with Gasteiger partial charge in [0, 0.05) is 100 Å². The number of benzene rings is 11. The van der Waals surface area contributed by atoms with Crippen LogP contribution in [0.3, 0.4) is 0 Å². The van der Waals surface area contributed by atoms with E-state index in [9.17, 15) is 0 Å². The highest BCUT2D eigenvalue weighted by molar-refractivity contribution is 7.26. The Hall–Kier alpha value is -7.91. The number of aromatic nitrogens is 1. The van der Waals surface area contributed by atoms with E-state index in [1.54, 1.807) is 11.3 Å². The lowest BCUT2D eigenvalue weighted by molar-refractivity contribution is 1.29. The van der Waals surface area contributed by atoms with E-state index in [0.29, 0.717) is 0 Å². The zero-order valence-electron chi connectivity index (χ0n) is 37.3. The zero-order valence-corrected chi connectivity index (χ0v) is 40.6. The number of hydrogen-bond donors (Lipinski definition) is 0. The predicted octanol–water partition coefficient (Wildman–Crippen LogP) is 20.3. The number of thiazole rings is 1. The molecule has 15 rings (SSSR count). The van der Waals surface area contributed by atoms with Crippen LogP contribution in [0, 0.1) is 0 Å². The summed E-state index contributed by atoms with van der Waals surface area (Å²) in [5.41, 5.74) is 8.89. The highest BCUT2D eigenvalue weighted by atomic mass is 32.1. The second-order valence-electron chi connectivity index (χ2n) is 17.9. The quantitative estimate of drug-likeness (QED) is 0.148. The molecule has 3 nitrogen and oxygen atoms in total. The van der Waals surface area contributed by atoms with Crippen LogP contribution in [0.15, 0.2) is 224 Å². The van der Waals surface area contributed by atoms with E-state index in [4.69, 9.17) is 4.98 Å². The molecule has 0 unspecified atom stereocenters. The van der Waals surface area contributed by atoms with Crippen LogP contribution in [0.1, 0.15) is 0 Å². The molecular weight excluding hydrogens is 927 g/mol. The van der Waals surface area contributed by atoms with Gasteiger partial charge in [-0.15, -0.1) is 45.3 Å². The summed E-state index contributed by atoms with van der Waals surface area (Å²) in [4.78, 5) is 9.82. The van der Waals surface area contributed by atoms with Crippen LogP contribution in [0.25, 0.3) is 103 Å². The molecule has 4 aromatic heterocycles. The van der Waals surface area contributed by atoms with Gasteiger partial charge in [0.05, 0.1) is 10.2 Å². The van der Waals surface area contributed by atoms with E-state index < -0.39 is 0 Å². The van der Waals surface area contributed by atoms with E-state index in [-0.39, 0.29) is 0 Å². The fourth-order valence-electron chi connectivity index (χ4n) is 10.5. The Morgan fingerprint density at radius 1 is 0.257 bits per heavy atom. The second-order valence-corrected chi connectivity index (χ2v) is 22.2. The maximum Gasteiger partial charge on any atom is 0.124 e. The second kappa shape index (κ2) is 15.8. The van der Waals surface area contributed by atoms with Crippen molar-refractivity contribution in [3.8, 4) is 10.6 Å². The van der Waals surface area contributed by atoms with Crippen molar-refractivity contribution in [1.82, 2.24) is 4.98 Å². The lowest BCUT2D eigenvalue weighted by Crippen LogP contribution is -2.10. The Balaban J connectivity index is 0.851. The molecule has 0 saturated carbocycles. The highest BCUT2D eigenvalue weighted by Crippen LogP contribution is 2.46. The monoisotopic (exact) mass is 963 g/mol. The molecule has 0 saturated heterocycles. The van der Waals surface area contributed by atoms with Crippen molar-refractivity contribution in [2.75, 3.05) is 9.80 Å². The standard InChI is InChI=1S/C63H37N3S4/c1-5-13-56-49(9-1)52-30-25-45(36-61(52)68-56)65(41-21-19-38(20-22-41)63-64-55-12-4-8-16-60(55)70-63)42-23-28-47-39(33-42)17-18-40-34-43(24-29-48(40)47)66(44-27-32-59-54(35-44)51-11-3-7-15-58(51)67-59)46-26-31-53-50-10-2-6-14-57(50)69-62(53)37-46/h1-37H. The molecule has 0 bridgehead atoms. The SMILES string of the molecule is c1ccc2sc(-c3ccc(N(c4ccc5c(ccc6cc(N(c7ccc8c(c7)sc7ccccc78)c7ccc8sc9ccccc9c8c7)ccc65)c4)c4ccc5c(c4)sc4ccccc45)cc3)nc2c1. The van der Waals surface area contributed by atoms with Gasteiger partial charge in [-0.25, -0.2) is 4.98 Å². The molecule has 15 aromatic rings. The number of anilines is 6. The Labute approximate surface area is 418 Å². The fourth-order valence-corrected chi connectivity index (χ4v) is 14.9. The average Bonchev–Trinajstić information content (AvgIpc) is 4.20. The van der Waals surface area contributed by atoms with Gasteiger partial charge in [-0.05, 0) is 143 Å². The number of nitrogens with zero attached hydrogens (tertiary/aromatic N) is 3. The Bertz CT molecular complexity index is 4540. The van der Waals surface area contributed by atoms with Crippen LogP contribution in [-0.4, -0.2) is 4.98 Å². The maximum absolute atomic E-state index is 4.97. The minimum atomic E-state index is 1.03. The molecule has 328 valence electrons. The van der Waals surface area contributed by atoms with E-state index in [0.717, 1.165) is 50.2 Å². The van der Waals surface area contributed by atoms with E-state index in [2.05, 4.69) is 234 Å². The summed E-state index contributed by atoms with van der Waals surface area (Å²) < 4.78 is 9.00. The highest BCUT2D eigenvalue weighted by Gasteiger charge is 2.20. The molecule has 0 spiro atoms. The molecule has 11 aromatic carbocycles.